The summed E-state index contributed by atoms with van der Waals surface area (Å²) in [5.41, 5.74) is 1.09. The molecule has 2 heterocycles. The van der Waals surface area contributed by atoms with Crippen LogP contribution in [0.4, 0.5) is 4.79 Å². The summed E-state index contributed by atoms with van der Waals surface area (Å²) in [5, 5.41) is 7.01. The van der Waals surface area contributed by atoms with Crippen molar-refractivity contribution in [2.75, 3.05) is 18.8 Å². The van der Waals surface area contributed by atoms with Crippen molar-refractivity contribution in [2.24, 2.45) is 0 Å². The maximum Gasteiger partial charge on any atom is 0.314 e. The average Bonchev–Trinajstić information content (AvgIpc) is 2.95. The summed E-state index contributed by atoms with van der Waals surface area (Å²) in [6, 6.07) is -0.0578. The highest BCUT2D eigenvalue weighted by Crippen LogP contribution is 2.36. The van der Waals surface area contributed by atoms with E-state index in [1.54, 1.807) is 11.3 Å². The number of aromatic nitrogens is 1. The lowest BCUT2D eigenvalue weighted by Crippen LogP contribution is -2.43. The number of amides is 2. The van der Waals surface area contributed by atoms with Crippen LogP contribution in [0.1, 0.15) is 35.3 Å². The number of nitrogens with zero attached hydrogens (tertiary/aromatic N) is 1. The Bertz CT molecular complexity index is 467. The van der Waals surface area contributed by atoms with Crippen molar-refractivity contribution in [3.05, 3.63) is 15.6 Å². The van der Waals surface area contributed by atoms with E-state index in [1.807, 2.05) is 25.6 Å². The lowest BCUT2D eigenvalue weighted by atomic mass is 10.1. The molecule has 1 aliphatic heterocycles. The van der Waals surface area contributed by atoms with Gasteiger partial charge >= 0.3 is 6.03 Å². The molecule has 0 saturated carbocycles. The summed E-state index contributed by atoms with van der Waals surface area (Å²) in [4.78, 5) is 17.4. The number of thiazole rings is 1. The Morgan fingerprint density at radius 2 is 2.20 bits per heavy atom. The van der Waals surface area contributed by atoms with E-state index in [9.17, 15) is 4.79 Å². The first kappa shape index (κ1) is 15.6. The van der Waals surface area contributed by atoms with Crippen LogP contribution in [-0.2, 0) is 6.42 Å². The fraction of sp³-hybridized carbons (Fsp3) is 0.714. The Kier molecular flexibility index (Phi) is 5.32. The first-order chi connectivity index (χ1) is 9.48. The quantitative estimate of drug-likeness (QED) is 0.879. The van der Waals surface area contributed by atoms with Crippen molar-refractivity contribution in [2.45, 2.75) is 44.8 Å². The van der Waals surface area contributed by atoms with Gasteiger partial charge in [-0.25, -0.2) is 9.78 Å². The number of urea groups is 1. The van der Waals surface area contributed by atoms with Gasteiger partial charge in [-0.1, -0.05) is 0 Å². The zero-order valence-electron chi connectivity index (χ0n) is 12.4. The molecule has 6 heteroatoms. The molecule has 0 aromatic carbocycles. The van der Waals surface area contributed by atoms with Crippen LogP contribution in [0.3, 0.4) is 0 Å². The summed E-state index contributed by atoms with van der Waals surface area (Å²) < 4.78 is 0.225. The highest BCUT2D eigenvalue weighted by molar-refractivity contribution is 8.00. The Labute approximate surface area is 129 Å². The molecule has 1 aliphatic rings. The minimum absolute atomic E-state index is 0.0578. The van der Waals surface area contributed by atoms with Gasteiger partial charge in [0.25, 0.3) is 0 Å². The van der Waals surface area contributed by atoms with Crippen molar-refractivity contribution < 1.29 is 4.79 Å². The third-order valence-corrected chi connectivity index (χ3v) is 6.23. The number of rotatable bonds is 5. The SMILES string of the molecule is Cc1nc(C)c(CCNC(=O)NC[C@]2(C)CCCS2)s1. The molecule has 0 unspecified atom stereocenters. The standard InChI is InChI=1S/C14H23N3OS2/c1-10-12(20-11(2)17-10)5-7-15-13(18)16-9-14(3)6-4-8-19-14/h4-9H2,1-3H3,(H2,15,16,18)/t14-/m0/s1. The zero-order valence-corrected chi connectivity index (χ0v) is 14.0. The Morgan fingerprint density at radius 3 is 2.80 bits per heavy atom. The molecule has 112 valence electrons. The minimum atomic E-state index is -0.0578. The van der Waals surface area contributed by atoms with E-state index in [4.69, 9.17) is 0 Å². The monoisotopic (exact) mass is 313 g/mol. The lowest BCUT2D eigenvalue weighted by molar-refractivity contribution is 0.240. The van der Waals surface area contributed by atoms with Crippen LogP contribution in [0.15, 0.2) is 0 Å². The second kappa shape index (κ2) is 6.80. The van der Waals surface area contributed by atoms with Crippen LogP contribution in [0.25, 0.3) is 0 Å². The number of aryl methyl sites for hydroxylation is 2. The van der Waals surface area contributed by atoms with Crippen molar-refractivity contribution in [1.29, 1.82) is 0 Å². The van der Waals surface area contributed by atoms with E-state index in [0.717, 1.165) is 23.7 Å². The second-order valence-corrected chi connectivity index (χ2v) is 8.47. The molecular weight excluding hydrogens is 290 g/mol. The third kappa shape index (κ3) is 4.38. The molecule has 4 nitrogen and oxygen atoms in total. The van der Waals surface area contributed by atoms with Crippen LogP contribution in [0, 0.1) is 13.8 Å². The molecule has 0 radical (unpaired) electrons. The number of carbonyl (C=O) groups excluding carboxylic acids is 1. The molecule has 20 heavy (non-hydrogen) atoms. The van der Waals surface area contributed by atoms with Gasteiger partial charge in [0.1, 0.15) is 0 Å². The summed E-state index contributed by atoms with van der Waals surface area (Å²) in [5.74, 6) is 1.21. The van der Waals surface area contributed by atoms with Crippen LogP contribution < -0.4 is 10.6 Å². The Morgan fingerprint density at radius 1 is 1.40 bits per heavy atom. The van der Waals surface area contributed by atoms with Crippen molar-refractivity contribution in [3.8, 4) is 0 Å². The zero-order chi connectivity index (χ0) is 14.6. The number of hydrogen-bond acceptors (Lipinski definition) is 4. The minimum Gasteiger partial charge on any atom is -0.338 e. The maximum atomic E-state index is 11.8. The predicted molar refractivity (Wildman–Crippen MR) is 86.8 cm³/mol. The predicted octanol–water partition coefficient (Wildman–Crippen LogP) is 2.89. The van der Waals surface area contributed by atoms with Crippen LogP contribution in [0.5, 0.6) is 0 Å². The van der Waals surface area contributed by atoms with E-state index in [0.29, 0.717) is 6.54 Å². The van der Waals surface area contributed by atoms with E-state index in [-0.39, 0.29) is 10.8 Å². The molecule has 0 spiro atoms. The van der Waals surface area contributed by atoms with Gasteiger partial charge in [0, 0.05) is 29.1 Å². The van der Waals surface area contributed by atoms with E-state index >= 15 is 0 Å². The van der Waals surface area contributed by atoms with Crippen molar-refractivity contribution >= 4 is 29.1 Å². The number of hydrogen-bond donors (Lipinski definition) is 2. The van der Waals surface area contributed by atoms with Gasteiger partial charge < -0.3 is 10.6 Å². The van der Waals surface area contributed by atoms with Gasteiger partial charge in [0.2, 0.25) is 0 Å². The van der Waals surface area contributed by atoms with Crippen LogP contribution in [-0.4, -0.2) is 34.6 Å². The van der Waals surface area contributed by atoms with Gasteiger partial charge in [-0.15, -0.1) is 11.3 Å². The summed E-state index contributed by atoms with van der Waals surface area (Å²) in [7, 11) is 0. The summed E-state index contributed by atoms with van der Waals surface area (Å²) in [6.45, 7) is 7.69. The maximum absolute atomic E-state index is 11.8. The molecule has 1 fully saturated rings. The Hall–Kier alpha value is -0.750. The molecule has 1 atom stereocenters. The molecule has 1 aromatic heterocycles. The summed E-state index contributed by atoms with van der Waals surface area (Å²) >= 11 is 3.68. The van der Waals surface area contributed by atoms with Gasteiger partial charge in [0.05, 0.1) is 10.7 Å². The number of thioether (sulfide) groups is 1. The first-order valence-electron chi connectivity index (χ1n) is 7.07. The Balaban J connectivity index is 1.66. The largest absolute Gasteiger partial charge is 0.338 e. The molecule has 2 N–H and O–H groups in total. The topological polar surface area (TPSA) is 54.0 Å². The van der Waals surface area contributed by atoms with Gasteiger partial charge in [-0.3, -0.25) is 0 Å². The first-order valence-corrected chi connectivity index (χ1v) is 8.87. The number of nitrogens with one attached hydrogen (secondary N) is 2. The summed E-state index contributed by atoms with van der Waals surface area (Å²) in [6.07, 6.45) is 3.31. The lowest BCUT2D eigenvalue weighted by Gasteiger charge is -2.22. The molecule has 0 bridgehead atoms. The van der Waals surface area contributed by atoms with Gasteiger partial charge in [-0.2, -0.15) is 11.8 Å². The molecule has 2 rings (SSSR count). The van der Waals surface area contributed by atoms with Gasteiger partial charge in [-0.05, 0) is 39.4 Å². The molecule has 1 saturated heterocycles. The van der Waals surface area contributed by atoms with Crippen LogP contribution >= 0.6 is 23.1 Å². The second-order valence-electron chi connectivity index (χ2n) is 5.50. The van der Waals surface area contributed by atoms with Crippen LogP contribution in [0.2, 0.25) is 0 Å². The molecule has 1 aromatic rings. The molecular formula is C14H23N3OS2. The van der Waals surface area contributed by atoms with E-state index in [1.165, 1.54) is 23.5 Å². The smallest absolute Gasteiger partial charge is 0.314 e. The highest BCUT2D eigenvalue weighted by Gasteiger charge is 2.29. The fourth-order valence-electron chi connectivity index (χ4n) is 2.40. The van der Waals surface area contributed by atoms with Crippen molar-refractivity contribution in [1.82, 2.24) is 15.6 Å². The number of carbonyl (C=O) groups is 1. The third-order valence-electron chi connectivity index (χ3n) is 3.56. The van der Waals surface area contributed by atoms with Gasteiger partial charge in [0.15, 0.2) is 0 Å². The van der Waals surface area contributed by atoms with E-state index in [2.05, 4.69) is 22.5 Å². The highest BCUT2D eigenvalue weighted by atomic mass is 32.2. The van der Waals surface area contributed by atoms with E-state index < -0.39 is 0 Å². The normalized spacial score (nSPS) is 21.9. The molecule has 0 aliphatic carbocycles. The fourth-order valence-corrected chi connectivity index (χ4v) is 4.58. The molecule has 2 amide bonds. The average molecular weight is 313 g/mol. The van der Waals surface area contributed by atoms with Crippen molar-refractivity contribution in [3.63, 3.8) is 0 Å².